The van der Waals surface area contributed by atoms with E-state index >= 15 is 0 Å². The maximum absolute atomic E-state index is 13.5. The molecule has 1 fully saturated rings. The van der Waals surface area contributed by atoms with Gasteiger partial charge in [0.15, 0.2) is 0 Å². The molecule has 1 unspecified atom stereocenters. The first-order chi connectivity index (χ1) is 13.9. The van der Waals surface area contributed by atoms with Crippen LogP contribution in [0.3, 0.4) is 0 Å². The zero-order chi connectivity index (χ0) is 21.0. The number of primary amides is 1. The zero-order valence-electron chi connectivity index (χ0n) is 17.5. The maximum atomic E-state index is 13.5. The van der Waals surface area contributed by atoms with E-state index in [9.17, 15) is 9.59 Å². The van der Waals surface area contributed by atoms with E-state index in [1.165, 1.54) is 5.56 Å². The SMILES string of the molecule is CCCc1ccc(C(C)N(CC(N)=O)C(=O)[C@H]2CNC[C@@H]2c2cnn(C)c2)cc1. The van der Waals surface area contributed by atoms with Crippen LogP contribution in [0, 0.1) is 5.92 Å². The molecular formula is C22H31N5O2. The topological polar surface area (TPSA) is 93.2 Å². The van der Waals surface area contributed by atoms with E-state index in [2.05, 4.69) is 29.5 Å². The second-order valence-corrected chi connectivity index (χ2v) is 7.92. The first-order valence-corrected chi connectivity index (χ1v) is 10.3. The summed E-state index contributed by atoms with van der Waals surface area (Å²) in [5, 5.41) is 7.56. The van der Waals surface area contributed by atoms with E-state index in [4.69, 9.17) is 5.73 Å². The van der Waals surface area contributed by atoms with Crippen LogP contribution in [-0.4, -0.2) is 46.1 Å². The Balaban J connectivity index is 1.83. The number of nitrogens with one attached hydrogen (secondary N) is 1. The number of hydrogen-bond donors (Lipinski definition) is 2. The molecule has 1 aliphatic rings. The van der Waals surface area contributed by atoms with E-state index in [0.29, 0.717) is 13.1 Å². The lowest BCUT2D eigenvalue weighted by molar-refractivity contribution is -0.141. The van der Waals surface area contributed by atoms with Gasteiger partial charge in [-0.25, -0.2) is 0 Å². The van der Waals surface area contributed by atoms with Crippen molar-refractivity contribution in [2.24, 2.45) is 18.7 Å². The van der Waals surface area contributed by atoms with Crippen LogP contribution in [0.25, 0.3) is 0 Å². The number of nitrogens with two attached hydrogens (primary N) is 1. The average molecular weight is 398 g/mol. The number of aromatic nitrogens is 2. The van der Waals surface area contributed by atoms with E-state index in [-0.39, 0.29) is 30.3 Å². The number of aryl methyl sites for hydroxylation is 2. The molecule has 7 nitrogen and oxygen atoms in total. The highest BCUT2D eigenvalue weighted by Crippen LogP contribution is 2.32. The van der Waals surface area contributed by atoms with Crippen LogP contribution in [0.1, 0.15) is 48.9 Å². The Kier molecular flexibility index (Phi) is 6.69. The molecule has 29 heavy (non-hydrogen) atoms. The smallest absolute Gasteiger partial charge is 0.237 e. The lowest BCUT2D eigenvalue weighted by Crippen LogP contribution is -2.44. The number of carbonyl (C=O) groups is 2. The third kappa shape index (κ3) is 4.85. The molecule has 1 aromatic heterocycles. The van der Waals surface area contributed by atoms with Crippen LogP contribution in [0.15, 0.2) is 36.7 Å². The molecular weight excluding hydrogens is 366 g/mol. The Morgan fingerprint density at radius 3 is 2.62 bits per heavy atom. The predicted molar refractivity (Wildman–Crippen MR) is 112 cm³/mol. The molecule has 2 aromatic rings. The monoisotopic (exact) mass is 397 g/mol. The van der Waals surface area contributed by atoms with Crippen LogP contribution in [0.5, 0.6) is 0 Å². The van der Waals surface area contributed by atoms with E-state index in [1.54, 1.807) is 9.58 Å². The Morgan fingerprint density at radius 1 is 1.31 bits per heavy atom. The highest BCUT2D eigenvalue weighted by atomic mass is 16.2. The van der Waals surface area contributed by atoms with Crippen molar-refractivity contribution in [3.05, 3.63) is 53.3 Å². The summed E-state index contributed by atoms with van der Waals surface area (Å²) in [5.74, 6) is -0.768. The summed E-state index contributed by atoms with van der Waals surface area (Å²) in [4.78, 5) is 26.9. The number of hydrogen-bond acceptors (Lipinski definition) is 4. The molecule has 0 aliphatic carbocycles. The summed E-state index contributed by atoms with van der Waals surface area (Å²) in [5.41, 5.74) is 8.80. The minimum atomic E-state index is -0.503. The van der Waals surface area contributed by atoms with E-state index < -0.39 is 5.91 Å². The van der Waals surface area contributed by atoms with Crippen molar-refractivity contribution in [1.82, 2.24) is 20.0 Å². The minimum absolute atomic E-state index is 0.0331. The number of benzene rings is 1. The van der Waals surface area contributed by atoms with Crippen molar-refractivity contribution in [1.29, 1.82) is 0 Å². The summed E-state index contributed by atoms with van der Waals surface area (Å²) in [7, 11) is 1.87. The molecule has 3 N–H and O–H groups in total. The van der Waals surface area contributed by atoms with Gasteiger partial charge in [0.1, 0.15) is 0 Å². The number of nitrogens with zero attached hydrogens (tertiary/aromatic N) is 3. The van der Waals surface area contributed by atoms with Gasteiger partial charge in [0.05, 0.1) is 24.7 Å². The Labute approximate surface area is 172 Å². The Morgan fingerprint density at radius 2 is 2.03 bits per heavy atom. The molecule has 0 bridgehead atoms. The summed E-state index contributed by atoms with van der Waals surface area (Å²) in [6.07, 6.45) is 5.88. The van der Waals surface area contributed by atoms with Crippen molar-refractivity contribution in [3.8, 4) is 0 Å². The maximum Gasteiger partial charge on any atom is 0.237 e. The third-order valence-corrected chi connectivity index (χ3v) is 5.76. The first-order valence-electron chi connectivity index (χ1n) is 10.3. The largest absolute Gasteiger partial charge is 0.368 e. The standard InChI is InChI=1S/C22H31N5O2/c1-4-5-16-6-8-17(9-7-16)15(2)27(14-21(23)28)22(29)20-12-24-11-19(20)18-10-25-26(3)13-18/h6-10,13,15,19-20,24H,4-5,11-12,14H2,1-3H3,(H2,23,28)/t15?,19-,20+/m1/s1. The molecule has 2 amide bonds. The fourth-order valence-corrected chi connectivity index (χ4v) is 4.14. The number of amides is 2. The Bertz CT molecular complexity index is 845. The van der Waals surface area contributed by atoms with Crippen molar-refractivity contribution >= 4 is 11.8 Å². The van der Waals surface area contributed by atoms with E-state index in [1.807, 2.05) is 38.5 Å². The summed E-state index contributed by atoms with van der Waals surface area (Å²) in [6, 6.07) is 8.04. The number of carbonyl (C=O) groups excluding carboxylic acids is 2. The van der Waals surface area contributed by atoms with Crippen LogP contribution >= 0.6 is 0 Å². The van der Waals surface area contributed by atoms with Crippen LogP contribution in [0.4, 0.5) is 0 Å². The first kappa shape index (κ1) is 21.0. The van der Waals surface area contributed by atoms with Crippen molar-refractivity contribution < 1.29 is 9.59 Å². The van der Waals surface area contributed by atoms with Gasteiger partial charge in [-0.2, -0.15) is 5.10 Å². The summed E-state index contributed by atoms with van der Waals surface area (Å²) in [6.45, 7) is 5.31. The molecule has 0 spiro atoms. The van der Waals surface area contributed by atoms with Gasteiger partial charge >= 0.3 is 0 Å². The fourth-order valence-electron chi connectivity index (χ4n) is 4.14. The molecule has 0 radical (unpaired) electrons. The van der Waals surface area contributed by atoms with Gasteiger partial charge in [0, 0.05) is 32.3 Å². The van der Waals surface area contributed by atoms with Crippen LogP contribution in [0.2, 0.25) is 0 Å². The summed E-state index contributed by atoms with van der Waals surface area (Å²) >= 11 is 0. The second kappa shape index (κ2) is 9.22. The lowest BCUT2D eigenvalue weighted by atomic mass is 9.89. The zero-order valence-corrected chi connectivity index (χ0v) is 17.5. The molecule has 156 valence electrons. The van der Waals surface area contributed by atoms with Crippen molar-refractivity contribution in [2.45, 2.75) is 38.6 Å². The van der Waals surface area contributed by atoms with Gasteiger partial charge in [-0.15, -0.1) is 0 Å². The summed E-state index contributed by atoms with van der Waals surface area (Å²) < 4.78 is 1.75. The molecule has 3 rings (SSSR count). The van der Waals surface area contributed by atoms with Gasteiger partial charge in [-0.3, -0.25) is 14.3 Å². The predicted octanol–water partition coefficient (Wildman–Crippen LogP) is 1.75. The average Bonchev–Trinajstić information content (AvgIpc) is 3.34. The normalized spacial score (nSPS) is 19.8. The van der Waals surface area contributed by atoms with Crippen LogP contribution in [-0.2, 0) is 23.1 Å². The van der Waals surface area contributed by atoms with Crippen molar-refractivity contribution in [3.63, 3.8) is 0 Å². The van der Waals surface area contributed by atoms with E-state index in [0.717, 1.165) is 24.0 Å². The molecule has 0 saturated carbocycles. The molecule has 2 heterocycles. The van der Waals surface area contributed by atoms with Gasteiger partial charge in [-0.1, -0.05) is 37.6 Å². The fraction of sp³-hybridized carbons (Fsp3) is 0.500. The quantitative estimate of drug-likeness (QED) is 0.710. The highest BCUT2D eigenvalue weighted by Gasteiger charge is 2.38. The van der Waals surface area contributed by atoms with Gasteiger partial charge in [0.2, 0.25) is 11.8 Å². The molecule has 1 aromatic carbocycles. The van der Waals surface area contributed by atoms with Gasteiger partial charge in [0.25, 0.3) is 0 Å². The van der Waals surface area contributed by atoms with Crippen molar-refractivity contribution in [2.75, 3.05) is 19.6 Å². The van der Waals surface area contributed by atoms with Gasteiger partial charge in [-0.05, 0) is 30.0 Å². The van der Waals surface area contributed by atoms with Crippen LogP contribution < -0.4 is 11.1 Å². The minimum Gasteiger partial charge on any atom is -0.368 e. The third-order valence-electron chi connectivity index (χ3n) is 5.76. The van der Waals surface area contributed by atoms with Gasteiger partial charge < -0.3 is 16.0 Å². The Hall–Kier alpha value is -2.67. The molecule has 1 aliphatic heterocycles. The second-order valence-electron chi connectivity index (χ2n) is 7.92. The highest BCUT2D eigenvalue weighted by molar-refractivity contribution is 5.86. The molecule has 3 atom stereocenters. The molecule has 7 heteroatoms. The number of rotatable bonds is 8. The molecule has 1 saturated heterocycles. The lowest BCUT2D eigenvalue weighted by Gasteiger charge is -2.32.